The number of aliphatic imine (C=N–C) groups is 1. The van der Waals surface area contributed by atoms with Crippen molar-refractivity contribution in [3.8, 4) is 0 Å². The molecular formula is C20H34IN3O2S. The second kappa shape index (κ2) is 11.0. The van der Waals surface area contributed by atoms with Crippen LogP contribution in [-0.2, 0) is 10.2 Å². The molecule has 5 nitrogen and oxygen atoms in total. The van der Waals surface area contributed by atoms with E-state index < -0.39 is 0 Å². The molecule has 2 aliphatic rings. The van der Waals surface area contributed by atoms with Gasteiger partial charge in [-0.15, -0.1) is 35.3 Å². The minimum atomic E-state index is 0. The monoisotopic (exact) mass is 507 g/mol. The van der Waals surface area contributed by atoms with Crippen LogP contribution in [0.4, 0.5) is 0 Å². The molecule has 0 spiro atoms. The first-order chi connectivity index (χ1) is 12.7. The maximum atomic E-state index is 9.40. The molecule has 0 bridgehead atoms. The van der Waals surface area contributed by atoms with E-state index in [2.05, 4.69) is 33.1 Å². The molecule has 27 heavy (non-hydrogen) atoms. The van der Waals surface area contributed by atoms with Gasteiger partial charge in [0.15, 0.2) is 5.96 Å². The Morgan fingerprint density at radius 1 is 1.22 bits per heavy atom. The summed E-state index contributed by atoms with van der Waals surface area (Å²) in [7, 11) is 1.83. The minimum absolute atomic E-state index is 0. The number of nitrogens with one attached hydrogen (secondary N) is 2. The lowest BCUT2D eigenvalue weighted by atomic mass is 9.73. The molecule has 0 radical (unpaired) electrons. The number of guanidine groups is 1. The Bertz CT molecular complexity index is 568. The highest BCUT2D eigenvalue weighted by atomic mass is 127. The molecule has 1 saturated carbocycles. The van der Waals surface area contributed by atoms with E-state index in [0.29, 0.717) is 0 Å². The average molecular weight is 507 g/mol. The highest BCUT2D eigenvalue weighted by Gasteiger charge is 2.36. The Morgan fingerprint density at radius 2 is 2.00 bits per heavy atom. The number of hydrogen-bond acceptors (Lipinski definition) is 4. The van der Waals surface area contributed by atoms with Gasteiger partial charge in [-0.3, -0.25) is 4.99 Å². The van der Waals surface area contributed by atoms with E-state index in [4.69, 9.17) is 4.74 Å². The largest absolute Gasteiger partial charge is 0.396 e. The quantitative estimate of drug-likeness (QED) is 0.300. The topological polar surface area (TPSA) is 65.9 Å². The van der Waals surface area contributed by atoms with Gasteiger partial charge in [-0.25, -0.2) is 0 Å². The number of halogens is 1. The molecule has 1 aliphatic carbocycles. The predicted molar refractivity (Wildman–Crippen MR) is 123 cm³/mol. The second-order valence-corrected chi connectivity index (χ2v) is 8.82. The van der Waals surface area contributed by atoms with Gasteiger partial charge >= 0.3 is 0 Å². The number of aliphatic hydroxyl groups excluding tert-OH is 1. The number of aliphatic hydroxyl groups is 1. The zero-order valence-corrected chi connectivity index (χ0v) is 19.5. The summed E-state index contributed by atoms with van der Waals surface area (Å²) in [4.78, 5) is 5.93. The average Bonchev–Trinajstić information content (AvgIpc) is 3.36. The van der Waals surface area contributed by atoms with Crippen molar-refractivity contribution in [1.29, 1.82) is 0 Å². The van der Waals surface area contributed by atoms with E-state index in [1.807, 2.05) is 18.4 Å². The number of ether oxygens (including phenoxy) is 1. The first-order valence-corrected chi connectivity index (χ1v) is 10.8. The van der Waals surface area contributed by atoms with E-state index in [1.165, 1.54) is 37.0 Å². The van der Waals surface area contributed by atoms with Crippen molar-refractivity contribution in [3.63, 3.8) is 0 Å². The van der Waals surface area contributed by atoms with E-state index in [1.54, 1.807) is 0 Å². The molecule has 1 atom stereocenters. The lowest BCUT2D eigenvalue weighted by molar-refractivity contribution is 0.127. The van der Waals surface area contributed by atoms with E-state index in [0.717, 1.165) is 45.1 Å². The lowest BCUT2D eigenvalue weighted by Gasteiger charge is -2.37. The van der Waals surface area contributed by atoms with Crippen molar-refractivity contribution in [1.82, 2.24) is 10.6 Å². The summed E-state index contributed by atoms with van der Waals surface area (Å²) in [6.45, 7) is 3.43. The highest BCUT2D eigenvalue weighted by molar-refractivity contribution is 14.0. The molecule has 0 amide bonds. The molecule has 3 rings (SSSR count). The van der Waals surface area contributed by atoms with E-state index >= 15 is 0 Å². The van der Waals surface area contributed by atoms with Crippen LogP contribution in [0.3, 0.4) is 0 Å². The van der Waals surface area contributed by atoms with E-state index in [-0.39, 0.29) is 41.4 Å². The second-order valence-electron chi connectivity index (χ2n) is 7.87. The van der Waals surface area contributed by atoms with Crippen LogP contribution in [-0.4, -0.2) is 51.0 Å². The van der Waals surface area contributed by atoms with Gasteiger partial charge in [0.05, 0.1) is 6.61 Å². The fourth-order valence-electron chi connectivity index (χ4n) is 4.38. The van der Waals surface area contributed by atoms with Crippen molar-refractivity contribution in [2.75, 3.05) is 40.0 Å². The van der Waals surface area contributed by atoms with Crippen molar-refractivity contribution in [2.45, 2.75) is 50.4 Å². The molecule has 1 aromatic heterocycles. The molecule has 2 heterocycles. The van der Waals surface area contributed by atoms with Crippen LogP contribution in [0.15, 0.2) is 22.5 Å². The SMILES string of the molecule is CN=C(NCC1(CCO)CCOC1)NCC1(c2cccs2)CCCCC1.I. The van der Waals surface area contributed by atoms with Gasteiger partial charge in [-0.1, -0.05) is 25.3 Å². The third-order valence-corrected chi connectivity index (χ3v) is 7.25. The van der Waals surface area contributed by atoms with Crippen LogP contribution in [0.5, 0.6) is 0 Å². The van der Waals surface area contributed by atoms with Gasteiger partial charge in [-0.05, 0) is 37.1 Å². The Labute approximate surface area is 184 Å². The summed E-state index contributed by atoms with van der Waals surface area (Å²) in [5.41, 5.74) is 0.270. The predicted octanol–water partition coefficient (Wildman–Crippen LogP) is 3.52. The first-order valence-electron chi connectivity index (χ1n) is 9.89. The van der Waals surface area contributed by atoms with Crippen molar-refractivity contribution < 1.29 is 9.84 Å². The van der Waals surface area contributed by atoms with Crippen LogP contribution < -0.4 is 10.6 Å². The Kier molecular flexibility index (Phi) is 9.31. The number of rotatable bonds is 7. The van der Waals surface area contributed by atoms with Crippen molar-refractivity contribution >= 4 is 41.3 Å². The smallest absolute Gasteiger partial charge is 0.191 e. The third kappa shape index (κ3) is 5.81. The van der Waals surface area contributed by atoms with Crippen LogP contribution in [0.25, 0.3) is 0 Å². The maximum absolute atomic E-state index is 9.40. The molecule has 1 aromatic rings. The first kappa shape index (κ1) is 22.9. The molecule has 7 heteroatoms. The summed E-state index contributed by atoms with van der Waals surface area (Å²) in [6.07, 6.45) is 8.24. The minimum Gasteiger partial charge on any atom is -0.396 e. The van der Waals surface area contributed by atoms with Gasteiger partial charge < -0.3 is 20.5 Å². The summed E-state index contributed by atoms with van der Waals surface area (Å²) in [5, 5.41) is 18.7. The molecule has 0 aromatic carbocycles. The van der Waals surface area contributed by atoms with Gasteiger partial charge in [0.25, 0.3) is 0 Å². The van der Waals surface area contributed by atoms with E-state index in [9.17, 15) is 5.11 Å². The molecule has 1 aliphatic heterocycles. The van der Waals surface area contributed by atoms with Crippen molar-refractivity contribution in [2.24, 2.45) is 10.4 Å². The molecule has 2 fully saturated rings. The molecular weight excluding hydrogens is 473 g/mol. The normalized spacial score (nSPS) is 25.0. The van der Waals surface area contributed by atoms with Gasteiger partial charge in [0, 0.05) is 49.1 Å². The van der Waals surface area contributed by atoms with Gasteiger partial charge in [0.1, 0.15) is 0 Å². The highest BCUT2D eigenvalue weighted by Crippen LogP contribution is 2.41. The summed E-state index contributed by atoms with van der Waals surface area (Å²) < 4.78 is 5.59. The third-order valence-electron chi connectivity index (χ3n) is 6.13. The van der Waals surface area contributed by atoms with Crippen LogP contribution in [0, 0.1) is 5.41 Å². The Balaban J connectivity index is 0.00000261. The van der Waals surface area contributed by atoms with Crippen LogP contribution in [0.1, 0.15) is 49.8 Å². The van der Waals surface area contributed by atoms with Crippen LogP contribution >= 0.6 is 35.3 Å². The van der Waals surface area contributed by atoms with Gasteiger partial charge in [0.2, 0.25) is 0 Å². The fraction of sp³-hybridized carbons (Fsp3) is 0.750. The molecule has 1 unspecified atom stereocenters. The maximum Gasteiger partial charge on any atom is 0.191 e. The zero-order chi connectivity index (χ0) is 18.3. The summed E-state index contributed by atoms with van der Waals surface area (Å²) in [5.74, 6) is 0.857. The Morgan fingerprint density at radius 3 is 2.59 bits per heavy atom. The number of hydrogen-bond donors (Lipinski definition) is 3. The lowest BCUT2D eigenvalue weighted by Crippen LogP contribution is -2.49. The van der Waals surface area contributed by atoms with Crippen LogP contribution in [0.2, 0.25) is 0 Å². The molecule has 154 valence electrons. The molecule has 1 saturated heterocycles. The number of nitrogens with zero attached hydrogens (tertiary/aromatic N) is 1. The summed E-state index contributed by atoms with van der Waals surface area (Å²) >= 11 is 1.88. The standard InChI is InChI=1S/C20H33N3O2S.HI/c1-21-18(22-14-19(9-11-24)10-12-25-16-19)23-15-20(7-3-2-4-8-20)17-6-5-13-26-17;/h5-6,13,24H,2-4,7-12,14-16H2,1H3,(H2,21,22,23);1H. The zero-order valence-electron chi connectivity index (χ0n) is 16.3. The fourth-order valence-corrected chi connectivity index (χ4v) is 5.36. The molecule has 3 N–H and O–H groups in total. The summed E-state index contributed by atoms with van der Waals surface area (Å²) in [6, 6.07) is 4.46. The van der Waals surface area contributed by atoms with Crippen molar-refractivity contribution in [3.05, 3.63) is 22.4 Å². The number of thiophene rings is 1. The van der Waals surface area contributed by atoms with Gasteiger partial charge in [-0.2, -0.15) is 0 Å². The Hall–Kier alpha value is -0.380.